The molecule has 0 aliphatic carbocycles. The first-order valence-electron chi connectivity index (χ1n) is 9.18. The molecule has 28 heavy (non-hydrogen) atoms. The van der Waals surface area contributed by atoms with E-state index in [0.717, 1.165) is 0 Å². The summed E-state index contributed by atoms with van der Waals surface area (Å²) in [6, 6.07) is 8.36. The Labute approximate surface area is 175 Å². The van der Waals surface area contributed by atoms with E-state index in [1.54, 1.807) is 35.2 Å². The van der Waals surface area contributed by atoms with Crippen molar-refractivity contribution in [2.45, 2.75) is 39.3 Å². The molecule has 1 fully saturated rings. The average molecular weight is 444 g/mol. The largest absolute Gasteiger partial charge is 0.459 e. The molecular formula is C20H23Cl2NO4S. The van der Waals surface area contributed by atoms with E-state index in [2.05, 4.69) is 0 Å². The zero-order valence-electron chi connectivity index (χ0n) is 15.8. The van der Waals surface area contributed by atoms with Gasteiger partial charge in [0, 0.05) is 23.0 Å². The van der Waals surface area contributed by atoms with Gasteiger partial charge in [0.2, 0.25) is 5.91 Å². The normalized spacial score (nSPS) is 18.5. The number of carbonyl (C=O) groups is 1. The van der Waals surface area contributed by atoms with Crippen LogP contribution in [-0.4, -0.2) is 36.8 Å². The summed E-state index contributed by atoms with van der Waals surface area (Å²) in [5.74, 6) is 1.38. The summed E-state index contributed by atoms with van der Waals surface area (Å²) >= 11 is 12.3. The molecule has 0 N–H and O–H groups in total. The molecule has 1 saturated heterocycles. The highest BCUT2D eigenvalue weighted by Crippen LogP contribution is 2.32. The number of rotatable bonds is 6. The lowest BCUT2D eigenvalue weighted by Crippen LogP contribution is -2.41. The van der Waals surface area contributed by atoms with Gasteiger partial charge in [-0.3, -0.25) is 4.79 Å². The second-order valence-corrected chi connectivity index (χ2v) is 10.6. The Hall–Kier alpha value is -1.50. The summed E-state index contributed by atoms with van der Waals surface area (Å²) in [4.78, 5) is 14.4. The molecule has 8 heteroatoms. The quantitative estimate of drug-likeness (QED) is 0.641. The van der Waals surface area contributed by atoms with Crippen molar-refractivity contribution in [3.63, 3.8) is 0 Å². The van der Waals surface area contributed by atoms with E-state index in [0.29, 0.717) is 40.0 Å². The number of hydrogen-bond donors (Lipinski definition) is 0. The Morgan fingerprint density at radius 2 is 2.00 bits per heavy atom. The lowest BCUT2D eigenvalue weighted by atomic mass is 10.1. The van der Waals surface area contributed by atoms with Crippen molar-refractivity contribution in [2.75, 3.05) is 11.5 Å². The lowest BCUT2D eigenvalue weighted by molar-refractivity contribution is -0.134. The molecule has 0 saturated carbocycles. The topological polar surface area (TPSA) is 67.6 Å². The number of furan rings is 1. The van der Waals surface area contributed by atoms with Crippen LogP contribution in [0.15, 0.2) is 34.7 Å². The Morgan fingerprint density at radius 1 is 1.25 bits per heavy atom. The van der Waals surface area contributed by atoms with E-state index in [9.17, 15) is 13.2 Å². The van der Waals surface area contributed by atoms with Crippen molar-refractivity contribution in [3.05, 3.63) is 46.1 Å². The monoisotopic (exact) mass is 443 g/mol. The zero-order valence-corrected chi connectivity index (χ0v) is 18.1. The van der Waals surface area contributed by atoms with Crippen molar-refractivity contribution in [3.8, 4) is 11.3 Å². The number of hydrogen-bond acceptors (Lipinski definition) is 4. The van der Waals surface area contributed by atoms with Crippen LogP contribution < -0.4 is 0 Å². The number of benzene rings is 1. The molecule has 0 spiro atoms. The van der Waals surface area contributed by atoms with Gasteiger partial charge in [-0.1, -0.05) is 37.0 Å². The predicted octanol–water partition coefficient (Wildman–Crippen LogP) is 4.82. The van der Waals surface area contributed by atoms with E-state index >= 15 is 0 Å². The van der Waals surface area contributed by atoms with Gasteiger partial charge in [0.1, 0.15) is 11.5 Å². The van der Waals surface area contributed by atoms with Gasteiger partial charge in [-0.15, -0.1) is 0 Å². The van der Waals surface area contributed by atoms with Crippen LogP contribution in [0.5, 0.6) is 0 Å². The summed E-state index contributed by atoms with van der Waals surface area (Å²) < 4.78 is 29.7. The van der Waals surface area contributed by atoms with E-state index in [-0.39, 0.29) is 35.9 Å². The third kappa shape index (κ3) is 5.10. The van der Waals surface area contributed by atoms with Crippen molar-refractivity contribution < 1.29 is 17.6 Å². The highest BCUT2D eigenvalue weighted by molar-refractivity contribution is 7.91. The third-order valence-electron chi connectivity index (χ3n) is 4.73. The number of amides is 1. The van der Waals surface area contributed by atoms with Gasteiger partial charge in [-0.05, 0) is 42.7 Å². The number of sulfone groups is 1. The molecule has 3 rings (SSSR count). The van der Waals surface area contributed by atoms with Crippen LogP contribution in [0.1, 0.15) is 32.4 Å². The van der Waals surface area contributed by atoms with Crippen LogP contribution >= 0.6 is 23.2 Å². The van der Waals surface area contributed by atoms with Gasteiger partial charge in [0.15, 0.2) is 9.84 Å². The summed E-state index contributed by atoms with van der Waals surface area (Å²) in [5.41, 5.74) is 0.670. The molecular weight excluding hydrogens is 421 g/mol. The number of halogens is 2. The van der Waals surface area contributed by atoms with E-state index in [1.165, 1.54) is 0 Å². The molecule has 5 nitrogen and oxygen atoms in total. The standard InChI is InChI=1S/C20H23Cl2NO4S/c1-13(2)9-20(24)23(15-7-8-28(25,26)12-15)11-16-4-6-19(27-16)17-10-14(21)3-5-18(17)22/h3-6,10,13,15H,7-9,11-12H2,1-2H3. The van der Waals surface area contributed by atoms with E-state index < -0.39 is 9.84 Å². The van der Waals surface area contributed by atoms with E-state index in [1.807, 2.05) is 13.8 Å². The Balaban J connectivity index is 1.84. The van der Waals surface area contributed by atoms with Crippen LogP contribution in [0.4, 0.5) is 0 Å². The Morgan fingerprint density at radius 3 is 2.64 bits per heavy atom. The number of carbonyl (C=O) groups excluding carboxylic acids is 1. The van der Waals surface area contributed by atoms with Crippen molar-refractivity contribution >= 4 is 38.9 Å². The van der Waals surface area contributed by atoms with Gasteiger partial charge in [-0.2, -0.15) is 0 Å². The fourth-order valence-electron chi connectivity index (χ4n) is 3.37. The fourth-order valence-corrected chi connectivity index (χ4v) is 5.48. The Kier molecular flexibility index (Phi) is 6.42. The molecule has 0 bridgehead atoms. The summed E-state index contributed by atoms with van der Waals surface area (Å²) in [7, 11) is -3.10. The number of nitrogens with zero attached hydrogens (tertiary/aromatic N) is 1. The molecule has 1 aliphatic rings. The molecule has 1 aromatic heterocycles. The van der Waals surface area contributed by atoms with Gasteiger partial charge >= 0.3 is 0 Å². The first-order chi connectivity index (χ1) is 13.1. The molecule has 1 amide bonds. The summed E-state index contributed by atoms with van der Waals surface area (Å²) in [5, 5.41) is 1.06. The summed E-state index contributed by atoms with van der Waals surface area (Å²) in [6.45, 7) is 4.16. The van der Waals surface area contributed by atoms with Crippen LogP contribution in [0, 0.1) is 5.92 Å². The molecule has 1 aromatic carbocycles. The van der Waals surface area contributed by atoms with Crippen molar-refractivity contribution in [1.29, 1.82) is 0 Å². The molecule has 1 aliphatic heterocycles. The van der Waals surface area contributed by atoms with Crippen molar-refractivity contribution in [1.82, 2.24) is 4.90 Å². The smallest absolute Gasteiger partial charge is 0.223 e. The summed E-state index contributed by atoms with van der Waals surface area (Å²) in [6.07, 6.45) is 0.824. The molecule has 0 radical (unpaired) electrons. The molecule has 1 unspecified atom stereocenters. The maximum atomic E-state index is 12.8. The minimum Gasteiger partial charge on any atom is -0.459 e. The van der Waals surface area contributed by atoms with Crippen LogP contribution in [-0.2, 0) is 21.2 Å². The Bertz CT molecular complexity index is 968. The minimum absolute atomic E-state index is 0.00449. The zero-order chi connectivity index (χ0) is 20.5. The van der Waals surface area contributed by atoms with Crippen molar-refractivity contribution in [2.24, 2.45) is 5.92 Å². The van der Waals surface area contributed by atoms with Gasteiger partial charge in [0.25, 0.3) is 0 Å². The first-order valence-corrected chi connectivity index (χ1v) is 11.8. The van der Waals surface area contributed by atoms with Crippen LogP contribution in [0.2, 0.25) is 10.0 Å². The van der Waals surface area contributed by atoms with Gasteiger partial charge in [0.05, 0.1) is 23.1 Å². The lowest BCUT2D eigenvalue weighted by Gasteiger charge is -2.28. The predicted molar refractivity (Wildman–Crippen MR) is 111 cm³/mol. The highest BCUT2D eigenvalue weighted by Gasteiger charge is 2.35. The molecule has 2 aromatic rings. The minimum atomic E-state index is -3.10. The molecule has 152 valence electrons. The highest BCUT2D eigenvalue weighted by atomic mass is 35.5. The average Bonchev–Trinajstić information content (AvgIpc) is 3.20. The molecule has 1 atom stereocenters. The van der Waals surface area contributed by atoms with Crippen LogP contribution in [0.3, 0.4) is 0 Å². The SMILES string of the molecule is CC(C)CC(=O)N(Cc1ccc(-c2cc(Cl)ccc2Cl)o1)C1CCS(=O)(=O)C1. The van der Waals surface area contributed by atoms with E-state index in [4.69, 9.17) is 27.6 Å². The van der Waals surface area contributed by atoms with Crippen LogP contribution in [0.25, 0.3) is 11.3 Å². The third-order valence-corrected chi connectivity index (χ3v) is 7.05. The maximum absolute atomic E-state index is 12.8. The fraction of sp³-hybridized carbons (Fsp3) is 0.450. The molecule has 2 heterocycles. The second-order valence-electron chi connectivity index (χ2n) is 7.57. The second kappa shape index (κ2) is 8.47. The van der Waals surface area contributed by atoms with Gasteiger partial charge < -0.3 is 9.32 Å². The maximum Gasteiger partial charge on any atom is 0.223 e. The van der Waals surface area contributed by atoms with Gasteiger partial charge in [-0.25, -0.2) is 8.42 Å². The first kappa shape index (κ1) is 21.2.